The molecule has 0 bridgehead atoms. The minimum absolute atomic E-state index is 0.0478. The number of methoxy groups -OCH3 is 1. The van der Waals surface area contributed by atoms with E-state index in [4.69, 9.17) is 4.74 Å². The molecule has 9 heteroatoms. The van der Waals surface area contributed by atoms with Crippen molar-refractivity contribution in [1.29, 1.82) is 0 Å². The summed E-state index contributed by atoms with van der Waals surface area (Å²) in [4.78, 5) is 29.6. The van der Waals surface area contributed by atoms with Gasteiger partial charge in [-0.2, -0.15) is 0 Å². The number of anilines is 1. The van der Waals surface area contributed by atoms with Crippen molar-refractivity contribution in [2.75, 3.05) is 18.0 Å². The van der Waals surface area contributed by atoms with Gasteiger partial charge in [-0.3, -0.25) is 13.9 Å². The molecule has 0 saturated carbocycles. The lowest BCUT2D eigenvalue weighted by molar-refractivity contribution is -0.140. The molecule has 0 heterocycles. The van der Waals surface area contributed by atoms with Crippen LogP contribution >= 0.6 is 0 Å². The van der Waals surface area contributed by atoms with Gasteiger partial charge in [0.2, 0.25) is 11.8 Å². The molecular formula is C34H37N3O5S. The van der Waals surface area contributed by atoms with Crippen molar-refractivity contribution >= 4 is 27.5 Å². The van der Waals surface area contributed by atoms with Gasteiger partial charge in [0.05, 0.1) is 17.7 Å². The lowest BCUT2D eigenvalue weighted by Gasteiger charge is -2.34. The molecule has 0 aliphatic heterocycles. The number of rotatable bonds is 13. The average Bonchev–Trinajstić information content (AvgIpc) is 3.02. The van der Waals surface area contributed by atoms with Gasteiger partial charge in [0, 0.05) is 19.0 Å². The SMILES string of the molecule is COc1ccc(N(CC(=O)N(Cc2ccccc2)C(Cc2ccccc2)C(=O)NC(C)C)S(=O)(=O)c2ccccc2)cc1. The van der Waals surface area contributed by atoms with Gasteiger partial charge in [-0.25, -0.2) is 8.42 Å². The Bertz CT molecular complexity index is 1580. The lowest BCUT2D eigenvalue weighted by Crippen LogP contribution is -2.54. The number of benzene rings is 4. The molecule has 0 saturated heterocycles. The standard InChI is InChI=1S/C34H37N3O5S/c1-26(2)35-34(39)32(23-27-13-7-4-8-14-27)36(24-28-15-9-5-10-16-28)33(38)25-37(29-19-21-30(42-3)22-20-29)43(40,41)31-17-11-6-12-18-31/h4-22,26,32H,23-25H2,1-3H3,(H,35,39). The summed E-state index contributed by atoms with van der Waals surface area (Å²) >= 11 is 0. The Morgan fingerprint density at radius 3 is 1.84 bits per heavy atom. The maximum absolute atomic E-state index is 14.4. The number of hydrogen-bond acceptors (Lipinski definition) is 5. The van der Waals surface area contributed by atoms with Gasteiger partial charge in [-0.05, 0) is 61.4 Å². The molecule has 224 valence electrons. The van der Waals surface area contributed by atoms with E-state index in [2.05, 4.69) is 5.32 Å². The highest BCUT2D eigenvalue weighted by atomic mass is 32.2. The van der Waals surface area contributed by atoms with E-state index in [1.54, 1.807) is 42.5 Å². The van der Waals surface area contributed by atoms with Crippen LogP contribution in [0.2, 0.25) is 0 Å². The molecule has 43 heavy (non-hydrogen) atoms. The van der Waals surface area contributed by atoms with Crippen LogP contribution in [0.15, 0.2) is 120 Å². The van der Waals surface area contributed by atoms with Gasteiger partial charge in [0.1, 0.15) is 18.3 Å². The number of nitrogens with zero attached hydrogens (tertiary/aromatic N) is 2. The molecule has 4 aromatic carbocycles. The summed E-state index contributed by atoms with van der Waals surface area (Å²) in [5, 5.41) is 2.96. The van der Waals surface area contributed by atoms with Crippen LogP contribution in [0.5, 0.6) is 5.75 Å². The maximum Gasteiger partial charge on any atom is 0.264 e. The normalized spacial score (nSPS) is 11.9. The third kappa shape index (κ3) is 8.23. The van der Waals surface area contributed by atoms with E-state index in [-0.39, 0.29) is 29.8 Å². The van der Waals surface area contributed by atoms with Crippen molar-refractivity contribution < 1.29 is 22.7 Å². The van der Waals surface area contributed by atoms with Gasteiger partial charge in [0.15, 0.2) is 0 Å². The highest BCUT2D eigenvalue weighted by molar-refractivity contribution is 7.92. The van der Waals surface area contributed by atoms with Crippen molar-refractivity contribution in [2.45, 2.75) is 43.8 Å². The maximum atomic E-state index is 14.4. The van der Waals surface area contributed by atoms with E-state index in [0.29, 0.717) is 11.4 Å². The topological polar surface area (TPSA) is 96.0 Å². The lowest BCUT2D eigenvalue weighted by atomic mass is 10.0. The van der Waals surface area contributed by atoms with Gasteiger partial charge < -0.3 is 15.0 Å². The summed E-state index contributed by atoms with van der Waals surface area (Å²) in [6.45, 7) is 3.32. The van der Waals surface area contributed by atoms with E-state index in [1.165, 1.54) is 24.1 Å². The molecule has 2 amide bonds. The fourth-order valence-corrected chi connectivity index (χ4v) is 6.15. The van der Waals surface area contributed by atoms with Gasteiger partial charge in [-0.15, -0.1) is 0 Å². The van der Waals surface area contributed by atoms with E-state index in [1.807, 2.05) is 74.5 Å². The molecule has 1 unspecified atom stereocenters. The molecule has 0 fully saturated rings. The van der Waals surface area contributed by atoms with E-state index < -0.39 is 28.5 Å². The van der Waals surface area contributed by atoms with Crippen LogP contribution in [0.4, 0.5) is 5.69 Å². The summed E-state index contributed by atoms with van der Waals surface area (Å²) in [6.07, 6.45) is 0.256. The zero-order valence-electron chi connectivity index (χ0n) is 24.6. The summed E-state index contributed by atoms with van der Waals surface area (Å²) < 4.78 is 34.3. The average molecular weight is 600 g/mol. The number of amides is 2. The second-order valence-corrected chi connectivity index (χ2v) is 12.3. The molecule has 0 aromatic heterocycles. The Balaban J connectivity index is 1.78. The van der Waals surface area contributed by atoms with Crippen molar-refractivity contribution in [3.63, 3.8) is 0 Å². The molecule has 0 aliphatic rings. The number of ether oxygens (including phenoxy) is 1. The second kappa shape index (κ2) is 14.5. The fourth-order valence-electron chi connectivity index (χ4n) is 4.71. The first kappa shape index (κ1) is 31.3. The Labute approximate surface area is 254 Å². The van der Waals surface area contributed by atoms with Crippen molar-refractivity contribution in [3.05, 3.63) is 126 Å². The first-order chi connectivity index (χ1) is 20.7. The third-order valence-electron chi connectivity index (χ3n) is 6.87. The number of sulfonamides is 1. The number of carbonyl (C=O) groups is 2. The number of nitrogens with one attached hydrogen (secondary N) is 1. The van der Waals surface area contributed by atoms with Crippen LogP contribution in [0.25, 0.3) is 0 Å². The van der Waals surface area contributed by atoms with Crippen molar-refractivity contribution in [3.8, 4) is 5.75 Å². The molecule has 0 radical (unpaired) electrons. The van der Waals surface area contributed by atoms with E-state index >= 15 is 0 Å². The van der Waals surface area contributed by atoms with Crippen LogP contribution in [-0.4, -0.2) is 50.9 Å². The molecular weight excluding hydrogens is 562 g/mol. The van der Waals surface area contributed by atoms with Crippen LogP contribution < -0.4 is 14.4 Å². The molecule has 1 N–H and O–H groups in total. The Hall–Kier alpha value is -4.63. The predicted octanol–water partition coefficient (Wildman–Crippen LogP) is 5.06. The smallest absolute Gasteiger partial charge is 0.264 e. The van der Waals surface area contributed by atoms with Crippen LogP contribution in [0.3, 0.4) is 0 Å². The zero-order chi connectivity index (χ0) is 30.8. The number of hydrogen-bond donors (Lipinski definition) is 1. The monoisotopic (exact) mass is 599 g/mol. The van der Waals surface area contributed by atoms with E-state index in [9.17, 15) is 18.0 Å². The highest BCUT2D eigenvalue weighted by Gasteiger charge is 2.34. The van der Waals surface area contributed by atoms with Crippen LogP contribution in [0, 0.1) is 0 Å². The van der Waals surface area contributed by atoms with Crippen molar-refractivity contribution in [1.82, 2.24) is 10.2 Å². The van der Waals surface area contributed by atoms with Gasteiger partial charge in [0.25, 0.3) is 10.0 Å². The minimum Gasteiger partial charge on any atom is -0.497 e. The van der Waals surface area contributed by atoms with Crippen LogP contribution in [-0.2, 0) is 32.6 Å². The fraction of sp³-hybridized carbons (Fsp3) is 0.235. The van der Waals surface area contributed by atoms with E-state index in [0.717, 1.165) is 15.4 Å². The molecule has 0 spiro atoms. The Morgan fingerprint density at radius 1 is 0.767 bits per heavy atom. The first-order valence-corrected chi connectivity index (χ1v) is 15.5. The zero-order valence-corrected chi connectivity index (χ0v) is 25.4. The molecule has 0 aliphatic carbocycles. The predicted molar refractivity (Wildman–Crippen MR) is 168 cm³/mol. The Morgan fingerprint density at radius 2 is 1.30 bits per heavy atom. The summed E-state index contributed by atoms with van der Waals surface area (Å²) in [7, 11) is -2.63. The summed E-state index contributed by atoms with van der Waals surface area (Å²) in [5.74, 6) is -0.282. The second-order valence-electron chi connectivity index (χ2n) is 10.4. The van der Waals surface area contributed by atoms with Crippen molar-refractivity contribution in [2.24, 2.45) is 0 Å². The molecule has 8 nitrogen and oxygen atoms in total. The quantitative estimate of drug-likeness (QED) is 0.232. The molecule has 4 rings (SSSR count). The summed E-state index contributed by atoms with van der Waals surface area (Å²) in [5.41, 5.74) is 1.98. The minimum atomic E-state index is -4.15. The van der Waals surface area contributed by atoms with Gasteiger partial charge in [-0.1, -0.05) is 78.9 Å². The molecule has 4 aromatic rings. The molecule has 1 atom stereocenters. The van der Waals surface area contributed by atoms with Crippen LogP contribution in [0.1, 0.15) is 25.0 Å². The summed E-state index contributed by atoms with van der Waals surface area (Å²) in [6, 6.07) is 32.2. The third-order valence-corrected chi connectivity index (χ3v) is 8.66. The Kier molecular flexibility index (Phi) is 10.6. The highest BCUT2D eigenvalue weighted by Crippen LogP contribution is 2.27. The van der Waals surface area contributed by atoms with Gasteiger partial charge >= 0.3 is 0 Å². The largest absolute Gasteiger partial charge is 0.497 e. The first-order valence-electron chi connectivity index (χ1n) is 14.1. The number of carbonyl (C=O) groups excluding carboxylic acids is 2.